The number of carbonyl (C=O) groups is 1. The summed E-state index contributed by atoms with van der Waals surface area (Å²) in [6, 6.07) is 21.5. The Bertz CT molecular complexity index is 1490. The maximum absolute atomic E-state index is 12.0. The highest BCUT2D eigenvalue weighted by Crippen LogP contribution is 2.54. The monoisotopic (exact) mass is 704 g/mol. The van der Waals surface area contributed by atoms with Gasteiger partial charge in [0.2, 0.25) is 0 Å². The van der Waals surface area contributed by atoms with Gasteiger partial charge in [-0.3, -0.25) is 4.79 Å². The van der Waals surface area contributed by atoms with Crippen molar-refractivity contribution in [1.29, 1.82) is 0 Å². The first-order chi connectivity index (χ1) is 24.1. The third-order valence-electron chi connectivity index (χ3n) is 11.9. The summed E-state index contributed by atoms with van der Waals surface area (Å²) >= 11 is 0. The minimum atomic E-state index is -2.63. The number of hydrogen-bond acceptors (Lipinski definition) is 9. The quantitative estimate of drug-likeness (QED) is 0.183. The van der Waals surface area contributed by atoms with Gasteiger partial charge in [-0.1, -0.05) is 88.0 Å². The standard InChI is InChI=1S/C40H52O9Si/c1-25-22-27(44-30(25)19-21-43-50(39(2,3)4,28-12-8-6-9-13-28)29-14-10-7-11-15-29)18-20-40-24-32-35(48-40)36-37(47-32)38(49-40)34-31(46-36)17-16-26(45-34)23-33(41)42-5/h6-15,26-27,30-32,34-38H,1,16-24H2,2-5H3/t26-,27+,30+,31+,32-,34+,35-,36+,37-,38+,40+/m1/s1. The lowest BCUT2D eigenvalue weighted by molar-refractivity contribution is -0.293. The Kier molecular flexibility index (Phi) is 9.38. The SMILES string of the molecule is C=C1C[C@H](CC[C@@]23C[C@H]4O[C@H]5[C@@H](O2)[C@H]2O[C@@H](CC(=O)OC)CC[C@@H]2O[C@H]5[C@@H]4O3)O[C@H]1CCO[Si](c1ccccc1)(c1ccccc1)C(C)(C)C. The average Bonchev–Trinajstić information content (AvgIpc) is 3.69. The molecule has 0 N–H and O–H groups in total. The predicted octanol–water partition coefficient (Wildman–Crippen LogP) is 4.98. The molecule has 11 atom stereocenters. The van der Waals surface area contributed by atoms with Crippen LogP contribution < -0.4 is 10.4 Å². The highest BCUT2D eigenvalue weighted by molar-refractivity contribution is 6.99. The molecule has 0 spiro atoms. The predicted molar refractivity (Wildman–Crippen MR) is 189 cm³/mol. The van der Waals surface area contributed by atoms with E-state index in [0.717, 1.165) is 37.7 Å². The first kappa shape index (κ1) is 34.7. The second-order valence-electron chi connectivity index (χ2n) is 16.1. The zero-order valence-corrected chi connectivity index (χ0v) is 30.8. The van der Waals surface area contributed by atoms with Crippen molar-refractivity contribution < 1.29 is 42.4 Å². The molecular weight excluding hydrogens is 653 g/mol. The van der Waals surface area contributed by atoms with Gasteiger partial charge in [-0.2, -0.15) is 0 Å². The second kappa shape index (κ2) is 13.5. The van der Waals surface area contributed by atoms with Crippen molar-refractivity contribution in [2.24, 2.45) is 0 Å². The van der Waals surface area contributed by atoms with E-state index in [2.05, 4.69) is 88.0 Å². The Morgan fingerprint density at radius 2 is 1.48 bits per heavy atom. The molecule has 7 heterocycles. The molecule has 270 valence electrons. The fraction of sp³-hybridized carbons (Fsp3) is 0.625. The summed E-state index contributed by atoms with van der Waals surface area (Å²) < 4.78 is 52.0. The van der Waals surface area contributed by atoms with E-state index in [1.54, 1.807) is 0 Å². The number of carbonyl (C=O) groups excluding carboxylic acids is 1. The molecule has 7 fully saturated rings. The zero-order chi connectivity index (χ0) is 34.7. The first-order valence-electron chi connectivity index (χ1n) is 18.6. The van der Waals surface area contributed by atoms with Crippen LogP contribution in [-0.2, 0) is 42.4 Å². The van der Waals surface area contributed by atoms with Gasteiger partial charge in [0.25, 0.3) is 8.32 Å². The van der Waals surface area contributed by atoms with Crippen LogP contribution in [0.2, 0.25) is 5.04 Å². The largest absolute Gasteiger partial charge is 0.469 e. The molecule has 9 nitrogen and oxygen atoms in total. The Morgan fingerprint density at radius 3 is 2.16 bits per heavy atom. The minimum absolute atomic E-state index is 0.0268. The van der Waals surface area contributed by atoms with Crippen LogP contribution in [0.25, 0.3) is 0 Å². The number of rotatable bonds is 11. The third-order valence-corrected chi connectivity index (χ3v) is 17.0. The smallest absolute Gasteiger partial charge is 0.308 e. The number of fused-ring (bicyclic) bond motifs is 1. The van der Waals surface area contributed by atoms with Gasteiger partial charge >= 0.3 is 5.97 Å². The molecule has 7 saturated heterocycles. The van der Waals surface area contributed by atoms with E-state index >= 15 is 0 Å². The Balaban J connectivity index is 0.917. The van der Waals surface area contributed by atoms with E-state index in [1.165, 1.54) is 17.5 Å². The maximum Gasteiger partial charge on any atom is 0.308 e. The Morgan fingerprint density at radius 1 is 0.820 bits per heavy atom. The summed E-state index contributed by atoms with van der Waals surface area (Å²) in [6.07, 6.45) is 3.85. The van der Waals surface area contributed by atoms with Crippen LogP contribution in [-0.4, -0.2) is 94.8 Å². The van der Waals surface area contributed by atoms with E-state index < -0.39 is 14.1 Å². The minimum Gasteiger partial charge on any atom is -0.469 e. The molecule has 2 aromatic carbocycles. The summed E-state index contributed by atoms with van der Waals surface area (Å²) in [5, 5.41) is 2.48. The first-order valence-corrected chi connectivity index (χ1v) is 20.5. The van der Waals surface area contributed by atoms with Gasteiger partial charge in [-0.05, 0) is 53.1 Å². The fourth-order valence-corrected chi connectivity index (χ4v) is 14.2. The van der Waals surface area contributed by atoms with Gasteiger partial charge in [0, 0.05) is 19.4 Å². The second-order valence-corrected chi connectivity index (χ2v) is 20.4. The molecule has 9 rings (SSSR count). The topological polar surface area (TPSA) is 90.9 Å². The van der Waals surface area contributed by atoms with Gasteiger partial charge in [0.1, 0.15) is 30.5 Å². The van der Waals surface area contributed by atoms with Gasteiger partial charge in [-0.15, -0.1) is 0 Å². The highest BCUT2D eigenvalue weighted by Gasteiger charge is 2.68. The van der Waals surface area contributed by atoms with Crippen LogP contribution >= 0.6 is 0 Å². The van der Waals surface area contributed by atoms with Crippen molar-refractivity contribution in [2.45, 2.75) is 144 Å². The zero-order valence-electron chi connectivity index (χ0n) is 29.8. The number of ether oxygens (including phenoxy) is 7. The van der Waals surface area contributed by atoms with Gasteiger partial charge in [0.05, 0.1) is 44.1 Å². The Hall–Kier alpha value is -2.41. The maximum atomic E-state index is 12.0. The number of benzene rings is 2. The van der Waals surface area contributed by atoms with Gasteiger partial charge < -0.3 is 37.6 Å². The van der Waals surface area contributed by atoms with E-state index in [0.29, 0.717) is 19.4 Å². The summed E-state index contributed by atoms with van der Waals surface area (Å²) in [7, 11) is -1.22. The summed E-state index contributed by atoms with van der Waals surface area (Å²) in [5.41, 5.74) is 1.12. The molecule has 6 bridgehead atoms. The molecule has 0 amide bonds. The van der Waals surface area contributed by atoms with E-state index in [-0.39, 0.29) is 78.5 Å². The highest BCUT2D eigenvalue weighted by atomic mass is 28.4. The molecule has 50 heavy (non-hydrogen) atoms. The van der Waals surface area contributed by atoms with Gasteiger partial charge in [0.15, 0.2) is 5.79 Å². The van der Waals surface area contributed by atoms with Crippen molar-refractivity contribution in [3.63, 3.8) is 0 Å². The van der Waals surface area contributed by atoms with Crippen LogP contribution in [0.1, 0.15) is 72.1 Å². The lowest BCUT2D eigenvalue weighted by Crippen LogP contribution is -2.66. The molecule has 0 aromatic heterocycles. The van der Waals surface area contributed by atoms with Crippen LogP contribution in [0.3, 0.4) is 0 Å². The number of esters is 1. The van der Waals surface area contributed by atoms with Crippen molar-refractivity contribution in [3.8, 4) is 0 Å². The summed E-state index contributed by atoms with van der Waals surface area (Å²) in [4.78, 5) is 12.0. The number of methoxy groups -OCH3 is 1. The summed E-state index contributed by atoms with van der Waals surface area (Å²) in [6.45, 7) is 12.0. The third kappa shape index (κ3) is 6.13. The fourth-order valence-electron chi connectivity index (χ4n) is 9.60. The molecule has 7 aliphatic heterocycles. The molecule has 0 unspecified atom stereocenters. The number of hydrogen-bond donors (Lipinski definition) is 0. The molecule has 0 aliphatic carbocycles. The lowest BCUT2D eigenvalue weighted by atomic mass is 9.87. The lowest BCUT2D eigenvalue weighted by Gasteiger charge is -2.47. The molecule has 0 radical (unpaired) electrons. The Labute approximate surface area is 297 Å². The normalized spacial score (nSPS) is 37.5. The average molecular weight is 705 g/mol. The van der Waals surface area contributed by atoms with E-state index in [4.69, 9.17) is 37.6 Å². The van der Waals surface area contributed by atoms with Crippen LogP contribution in [0.4, 0.5) is 0 Å². The van der Waals surface area contributed by atoms with Crippen LogP contribution in [0.5, 0.6) is 0 Å². The molecule has 2 aromatic rings. The summed E-state index contributed by atoms with van der Waals surface area (Å²) in [5.74, 6) is -1.05. The molecular formula is C40H52O9Si. The van der Waals surface area contributed by atoms with Crippen molar-refractivity contribution in [3.05, 3.63) is 72.8 Å². The van der Waals surface area contributed by atoms with Crippen LogP contribution in [0.15, 0.2) is 72.8 Å². The van der Waals surface area contributed by atoms with E-state index in [9.17, 15) is 4.79 Å². The molecule has 0 saturated carbocycles. The van der Waals surface area contributed by atoms with E-state index in [1.807, 2.05) is 0 Å². The van der Waals surface area contributed by atoms with Gasteiger partial charge in [-0.25, -0.2) is 0 Å². The van der Waals surface area contributed by atoms with Crippen molar-refractivity contribution >= 4 is 24.7 Å². The van der Waals surface area contributed by atoms with Crippen molar-refractivity contribution in [1.82, 2.24) is 0 Å². The van der Waals surface area contributed by atoms with Crippen LogP contribution in [0, 0.1) is 0 Å². The molecule has 10 heteroatoms. The molecule has 7 aliphatic rings. The van der Waals surface area contributed by atoms with Crippen molar-refractivity contribution in [2.75, 3.05) is 13.7 Å².